The predicted molar refractivity (Wildman–Crippen MR) is 121 cm³/mol. The molecule has 1 unspecified atom stereocenters. The Hall–Kier alpha value is -1.95. The minimum Gasteiger partial charge on any atom is -0.493 e. The molecule has 1 aromatic carbocycles. The Kier molecular flexibility index (Phi) is 5.35. The van der Waals surface area contributed by atoms with E-state index in [1.807, 2.05) is 13.8 Å². The molecule has 1 aromatic rings. The summed E-state index contributed by atoms with van der Waals surface area (Å²) in [5.41, 5.74) is 1.25. The van der Waals surface area contributed by atoms with E-state index >= 15 is 0 Å². The maximum atomic E-state index is 12.8. The molecule has 2 heterocycles. The lowest BCUT2D eigenvalue weighted by molar-refractivity contribution is -0.139. The number of methoxy groups -OCH3 is 1. The number of carbonyl (C=O) groups excluding carboxylic acids is 1. The van der Waals surface area contributed by atoms with Gasteiger partial charge in [-0.2, -0.15) is 0 Å². The Labute approximate surface area is 191 Å². The van der Waals surface area contributed by atoms with Crippen molar-refractivity contribution in [2.75, 3.05) is 26.9 Å². The minimum atomic E-state index is -0.0330. The van der Waals surface area contributed by atoms with Gasteiger partial charge in [0, 0.05) is 25.0 Å². The summed E-state index contributed by atoms with van der Waals surface area (Å²) in [5, 5.41) is 3.48. The molecule has 1 amide bonds. The molecule has 1 saturated heterocycles. The summed E-state index contributed by atoms with van der Waals surface area (Å²) in [7, 11) is 1.67. The topological polar surface area (TPSA) is 66.0 Å². The van der Waals surface area contributed by atoms with Crippen molar-refractivity contribution in [2.24, 2.45) is 28.6 Å². The number of benzene rings is 1. The Morgan fingerprint density at radius 1 is 1.19 bits per heavy atom. The van der Waals surface area contributed by atoms with Crippen molar-refractivity contribution in [1.82, 2.24) is 5.32 Å². The first-order valence-electron chi connectivity index (χ1n) is 12.2. The molecule has 2 aliphatic heterocycles. The van der Waals surface area contributed by atoms with E-state index in [-0.39, 0.29) is 34.8 Å². The SMILES string of the molecule is COc1cc([C@H]2OCCC34C[C@@H](C[C@H]23)C(C)(C)[C@@H]4NC(=O)C(C)C)cc2c1OCCCO2. The van der Waals surface area contributed by atoms with Gasteiger partial charge in [-0.25, -0.2) is 0 Å². The van der Waals surface area contributed by atoms with Crippen LogP contribution in [0.3, 0.4) is 0 Å². The quantitative estimate of drug-likeness (QED) is 0.742. The summed E-state index contributed by atoms with van der Waals surface area (Å²) in [5.74, 6) is 3.22. The Bertz CT molecular complexity index is 896. The highest BCUT2D eigenvalue weighted by Crippen LogP contribution is 2.70. The third-order valence-corrected chi connectivity index (χ3v) is 8.70. The van der Waals surface area contributed by atoms with Crippen molar-refractivity contribution < 1.29 is 23.7 Å². The molecule has 2 saturated carbocycles. The van der Waals surface area contributed by atoms with Gasteiger partial charge in [0.1, 0.15) is 0 Å². The minimum absolute atomic E-state index is 0.0126. The van der Waals surface area contributed by atoms with Gasteiger partial charge in [0.15, 0.2) is 11.5 Å². The molecule has 2 aliphatic carbocycles. The van der Waals surface area contributed by atoms with Gasteiger partial charge in [-0.1, -0.05) is 27.7 Å². The number of hydrogen-bond donors (Lipinski definition) is 1. The standard InChI is InChI=1S/C26H37NO5/c1-15(2)23(28)27-24-25(3,4)17-13-18-21(32-10-7-26(18,24)14-17)16-11-19(29-5)22-20(12-16)30-8-6-9-31-22/h11-12,15,17-18,21,24H,6-10,13-14H2,1-5H3,(H,27,28)/t17-,18-,21-,24+,26?/m1/s1. The summed E-state index contributed by atoms with van der Waals surface area (Å²) in [6, 6.07) is 4.32. The molecule has 5 rings (SSSR count). The zero-order valence-corrected chi connectivity index (χ0v) is 20.0. The second-order valence-electron chi connectivity index (χ2n) is 11.0. The smallest absolute Gasteiger partial charge is 0.222 e. The number of hydrogen-bond acceptors (Lipinski definition) is 5. The molecule has 2 bridgehead atoms. The molecule has 3 fully saturated rings. The zero-order chi connectivity index (χ0) is 22.7. The maximum Gasteiger partial charge on any atom is 0.222 e. The van der Waals surface area contributed by atoms with Crippen molar-refractivity contribution in [1.29, 1.82) is 0 Å². The summed E-state index contributed by atoms with van der Waals surface area (Å²) in [4.78, 5) is 12.8. The fourth-order valence-electron chi connectivity index (χ4n) is 7.00. The number of ether oxygens (including phenoxy) is 4. The van der Waals surface area contributed by atoms with Gasteiger partial charge < -0.3 is 24.3 Å². The third kappa shape index (κ3) is 3.20. The van der Waals surface area contributed by atoms with E-state index in [4.69, 9.17) is 18.9 Å². The summed E-state index contributed by atoms with van der Waals surface area (Å²) >= 11 is 0. The molecule has 0 radical (unpaired) electrons. The van der Waals surface area contributed by atoms with Crippen LogP contribution in [0.25, 0.3) is 0 Å². The van der Waals surface area contributed by atoms with Crippen molar-refractivity contribution in [3.8, 4) is 17.2 Å². The number of amides is 1. The summed E-state index contributed by atoms with van der Waals surface area (Å²) < 4.78 is 24.1. The first-order chi connectivity index (χ1) is 15.3. The summed E-state index contributed by atoms with van der Waals surface area (Å²) in [6.07, 6.45) is 4.11. The van der Waals surface area contributed by atoms with Gasteiger partial charge in [-0.05, 0) is 59.6 Å². The van der Waals surface area contributed by atoms with E-state index in [0.717, 1.165) is 37.0 Å². The fourth-order valence-corrected chi connectivity index (χ4v) is 7.00. The second kappa shape index (κ2) is 7.82. The Balaban J connectivity index is 1.51. The predicted octanol–water partition coefficient (Wildman–Crippen LogP) is 4.51. The van der Waals surface area contributed by atoms with Gasteiger partial charge in [-0.3, -0.25) is 4.79 Å². The molecule has 1 spiro atoms. The van der Waals surface area contributed by atoms with E-state index in [1.165, 1.54) is 0 Å². The van der Waals surface area contributed by atoms with Crippen LogP contribution in [0.1, 0.15) is 65.0 Å². The zero-order valence-electron chi connectivity index (χ0n) is 20.0. The van der Waals surface area contributed by atoms with Crippen LogP contribution in [0.5, 0.6) is 17.2 Å². The van der Waals surface area contributed by atoms with Crippen LogP contribution in [0.2, 0.25) is 0 Å². The van der Waals surface area contributed by atoms with Gasteiger partial charge in [-0.15, -0.1) is 0 Å². The molecule has 4 aliphatic rings. The van der Waals surface area contributed by atoms with Gasteiger partial charge in [0.05, 0.1) is 26.4 Å². The molecule has 5 atom stereocenters. The van der Waals surface area contributed by atoms with E-state index in [1.54, 1.807) is 7.11 Å². The Morgan fingerprint density at radius 2 is 1.97 bits per heavy atom. The maximum absolute atomic E-state index is 12.8. The lowest BCUT2D eigenvalue weighted by Crippen LogP contribution is -2.59. The molecule has 32 heavy (non-hydrogen) atoms. The molecular weight excluding hydrogens is 406 g/mol. The molecular formula is C26H37NO5. The van der Waals surface area contributed by atoms with Crippen LogP contribution in [-0.2, 0) is 9.53 Å². The Morgan fingerprint density at radius 3 is 2.72 bits per heavy atom. The first kappa shape index (κ1) is 21.9. The molecule has 1 N–H and O–H groups in total. The van der Waals surface area contributed by atoms with Gasteiger partial charge >= 0.3 is 0 Å². The van der Waals surface area contributed by atoms with Crippen LogP contribution in [0.4, 0.5) is 0 Å². The fraction of sp³-hybridized carbons (Fsp3) is 0.731. The average molecular weight is 444 g/mol. The van der Waals surface area contributed by atoms with E-state index in [0.29, 0.717) is 43.2 Å². The lowest BCUT2D eigenvalue weighted by Gasteiger charge is -2.53. The van der Waals surface area contributed by atoms with Crippen LogP contribution in [-0.4, -0.2) is 38.9 Å². The highest BCUT2D eigenvalue weighted by Gasteiger charge is 2.68. The molecule has 6 heteroatoms. The summed E-state index contributed by atoms with van der Waals surface area (Å²) in [6.45, 7) is 10.6. The van der Waals surface area contributed by atoms with E-state index in [2.05, 4.69) is 31.3 Å². The molecule has 6 nitrogen and oxygen atoms in total. The third-order valence-electron chi connectivity index (χ3n) is 8.70. The number of fused-ring (bicyclic) bond motifs is 2. The van der Waals surface area contributed by atoms with E-state index in [9.17, 15) is 4.79 Å². The molecule has 176 valence electrons. The van der Waals surface area contributed by atoms with Crippen molar-refractivity contribution in [3.63, 3.8) is 0 Å². The number of rotatable bonds is 4. The first-order valence-corrected chi connectivity index (χ1v) is 12.2. The monoisotopic (exact) mass is 443 g/mol. The van der Waals surface area contributed by atoms with Gasteiger partial charge in [0.2, 0.25) is 11.7 Å². The van der Waals surface area contributed by atoms with Crippen molar-refractivity contribution >= 4 is 5.91 Å². The van der Waals surface area contributed by atoms with Crippen molar-refractivity contribution in [2.45, 2.75) is 65.5 Å². The highest BCUT2D eigenvalue weighted by molar-refractivity contribution is 5.78. The normalized spacial score (nSPS) is 34.7. The van der Waals surface area contributed by atoms with Crippen molar-refractivity contribution in [3.05, 3.63) is 17.7 Å². The average Bonchev–Trinajstić information content (AvgIpc) is 3.13. The second-order valence-corrected chi connectivity index (χ2v) is 11.0. The number of carbonyl (C=O) groups is 1. The lowest BCUT2D eigenvalue weighted by atomic mass is 9.58. The van der Waals surface area contributed by atoms with Crippen LogP contribution in [0.15, 0.2) is 12.1 Å². The van der Waals surface area contributed by atoms with Crippen LogP contribution >= 0.6 is 0 Å². The van der Waals surface area contributed by atoms with Gasteiger partial charge in [0.25, 0.3) is 0 Å². The molecule has 0 aromatic heterocycles. The largest absolute Gasteiger partial charge is 0.493 e. The highest BCUT2D eigenvalue weighted by atomic mass is 16.5. The van der Waals surface area contributed by atoms with Crippen LogP contribution < -0.4 is 19.5 Å². The number of nitrogens with one attached hydrogen (secondary N) is 1. The van der Waals surface area contributed by atoms with E-state index < -0.39 is 0 Å². The van der Waals surface area contributed by atoms with Crippen LogP contribution in [0, 0.1) is 28.6 Å².